The Kier molecular flexibility index (Phi) is 6.09. The van der Waals surface area contributed by atoms with Gasteiger partial charge in [-0.05, 0) is 28.8 Å². The zero-order chi connectivity index (χ0) is 20.1. The third-order valence-electron chi connectivity index (χ3n) is 5.13. The fourth-order valence-electron chi connectivity index (χ4n) is 3.67. The first-order chi connectivity index (χ1) is 13.5. The molecule has 28 heavy (non-hydrogen) atoms. The first-order valence-corrected chi connectivity index (χ1v) is 9.47. The van der Waals surface area contributed by atoms with E-state index in [1.165, 1.54) is 12.1 Å². The van der Waals surface area contributed by atoms with Crippen LogP contribution in [-0.4, -0.2) is 49.1 Å². The van der Waals surface area contributed by atoms with Gasteiger partial charge in [-0.2, -0.15) is 0 Å². The summed E-state index contributed by atoms with van der Waals surface area (Å²) in [7, 11) is 1.57. The number of nitrogens with zero attached hydrogens (tertiary/aromatic N) is 1. The minimum atomic E-state index is -1.16. The molecular weight excluding hydrogens is 359 g/mol. The molecule has 1 N–H and O–H groups in total. The maximum absolute atomic E-state index is 13.3. The van der Waals surface area contributed by atoms with E-state index in [1.807, 2.05) is 31.2 Å². The molecule has 0 aliphatic carbocycles. The molecule has 0 spiro atoms. The molecular formula is C22H25FN2O3. The number of hydrogen-bond donors (Lipinski definition) is 1. The van der Waals surface area contributed by atoms with Gasteiger partial charge in [-0.3, -0.25) is 9.59 Å². The molecule has 1 aliphatic rings. The summed E-state index contributed by atoms with van der Waals surface area (Å²) in [6, 6.07) is 14.0. The number of carbonyl (C=O) groups excluding carboxylic acids is 2. The number of nitrogens with one attached hydrogen (secondary N) is 1. The highest BCUT2D eigenvalue weighted by molar-refractivity contribution is 5.87. The first-order valence-electron chi connectivity index (χ1n) is 9.47. The van der Waals surface area contributed by atoms with Gasteiger partial charge in [0.2, 0.25) is 5.91 Å². The number of ether oxygens (including phenoxy) is 1. The topological polar surface area (TPSA) is 58.6 Å². The zero-order valence-corrected chi connectivity index (χ0v) is 16.2. The third kappa shape index (κ3) is 4.07. The van der Waals surface area contributed by atoms with Crippen LogP contribution in [0.1, 0.15) is 18.9 Å². The summed E-state index contributed by atoms with van der Waals surface area (Å²) in [5.41, 5.74) is 1.52. The molecule has 1 heterocycles. The maximum Gasteiger partial charge on any atom is 0.254 e. The van der Waals surface area contributed by atoms with Gasteiger partial charge in [0.1, 0.15) is 5.82 Å². The van der Waals surface area contributed by atoms with Crippen molar-refractivity contribution in [3.63, 3.8) is 0 Å². The van der Waals surface area contributed by atoms with Crippen LogP contribution in [0.5, 0.6) is 0 Å². The van der Waals surface area contributed by atoms with Gasteiger partial charge in [-0.15, -0.1) is 0 Å². The van der Waals surface area contributed by atoms with E-state index < -0.39 is 5.60 Å². The SMILES string of the molecule is CCC(=O)N1CCO[C@@](Cc2ccccc2-c2ccc(F)cc2)(C(=O)NC)C1. The van der Waals surface area contributed by atoms with E-state index >= 15 is 0 Å². The van der Waals surface area contributed by atoms with Gasteiger partial charge in [-0.1, -0.05) is 43.3 Å². The van der Waals surface area contributed by atoms with Crippen LogP contribution in [0.3, 0.4) is 0 Å². The van der Waals surface area contributed by atoms with Crippen molar-refractivity contribution in [3.05, 3.63) is 59.9 Å². The number of rotatable bonds is 5. The maximum atomic E-state index is 13.3. The second-order valence-electron chi connectivity index (χ2n) is 6.93. The van der Waals surface area contributed by atoms with Crippen LogP contribution in [-0.2, 0) is 20.7 Å². The van der Waals surface area contributed by atoms with Crippen molar-refractivity contribution >= 4 is 11.8 Å². The van der Waals surface area contributed by atoms with Crippen LogP contribution in [0.15, 0.2) is 48.5 Å². The molecule has 2 aromatic rings. The Hall–Kier alpha value is -2.73. The number of hydrogen-bond acceptors (Lipinski definition) is 3. The van der Waals surface area contributed by atoms with Gasteiger partial charge in [-0.25, -0.2) is 4.39 Å². The standard InChI is InChI=1S/C22H25FN2O3/c1-3-20(26)25-12-13-28-22(15-25,21(27)24-2)14-17-6-4-5-7-19(17)16-8-10-18(23)11-9-16/h4-11H,3,12-15H2,1-2H3,(H,24,27)/t22-/m1/s1. The van der Waals surface area contributed by atoms with Crippen LogP contribution < -0.4 is 5.32 Å². The molecule has 0 bridgehead atoms. The molecule has 1 fully saturated rings. The monoisotopic (exact) mass is 384 g/mol. The Bertz CT molecular complexity index is 853. The molecule has 1 atom stereocenters. The first kappa shape index (κ1) is 20.0. The molecule has 2 amide bonds. The molecule has 5 nitrogen and oxygen atoms in total. The van der Waals surface area contributed by atoms with Gasteiger partial charge in [0.05, 0.1) is 13.2 Å². The summed E-state index contributed by atoms with van der Waals surface area (Å²) in [5.74, 6) is -0.550. The van der Waals surface area contributed by atoms with E-state index in [9.17, 15) is 14.0 Å². The number of benzene rings is 2. The molecule has 0 aromatic heterocycles. The van der Waals surface area contributed by atoms with Gasteiger partial charge >= 0.3 is 0 Å². The van der Waals surface area contributed by atoms with Crippen molar-refractivity contribution in [2.75, 3.05) is 26.7 Å². The molecule has 6 heteroatoms. The smallest absolute Gasteiger partial charge is 0.254 e. The highest BCUT2D eigenvalue weighted by Crippen LogP contribution is 2.30. The Labute approximate surface area is 164 Å². The van der Waals surface area contributed by atoms with Crippen molar-refractivity contribution in [3.8, 4) is 11.1 Å². The van der Waals surface area contributed by atoms with Crippen LogP contribution in [0.25, 0.3) is 11.1 Å². The third-order valence-corrected chi connectivity index (χ3v) is 5.13. The lowest BCUT2D eigenvalue weighted by molar-refractivity contribution is -0.165. The molecule has 0 saturated carbocycles. The van der Waals surface area contributed by atoms with Gasteiger partial charge < -0.3 is 15.0 Å². The van der Waals surface area contributed by atoms with E-state index in [2.05, 4.69) is 5.32 Å². The summed E-state index contributed by atoms with van der Waals surface area (Å²) >= 11 is 0. The van der Waals surface area contributed by atoms with E-state index in [0.29, 0.717) is 26.0 Å². The Morgan fingerprint density at radius 1 is 1.18 bits per heavy atom. The number of carbonyl (C=O) groups is 2. The van der Waals surface area contributed by atoms with Crippen molar-refractivity contribution in [2.45, 2.75) is 25.4 Å². The second-order valence-corrected chi connectivity index (χ2v) is 6.93. The largest absolute Gasteiger partial charge is 0.361 e. The van der Waals surface area contributed by atoms with Crippen molar-refractivity contribution in [1.29, 1.82) is 0 Å². The Morgan fingerprint density at radius 3 is 2.57 bits per heavy atom. The van der Waals surface area contributed by atoms with E-state index in [4.69, 9.17) is 4.74 Å². The van der Waals surface area contributed by atoms with Crippen molar-refractivity contribution < 1.29 is 18.7 Å². The summed E-state index contributed by atoms with van der Waals surface area (Å²) in [5, 5.41) is 2.69. The molecule has 0 unspecified atom stereocenters. The fourth-order valence-corrected chi connectivity index (χ4v) is 3.67. The quantitative estimate of drug-likeness (QED) is 0.862. The summed E-state index contributed by atoms with van der Waals surface area (Å²) in [6.45, 7) is 2.79. The lowest BCUT2D eigenvalue weighted by Gasteiger charge is -2.41. The van der Waals surface area contributed by atoms with Gasteiger partial charge in [0.15, 0.2) is 5.60 Å². The molecule has 148 valence electrons. The van der Waals surface area contributed by atoms with Crippen LogP contribution in [0.2, 0.25) is 0 Å². The lowest BCUT2D eigenvalue weighted by atomic mass is 9.87. The zero-order valence-electron chi connectivity index (χ0n) is 16.2. The Balaban J connectivity index is 1.97. The van der Waals surface area contributed by atoms with Crippen molar-refractivity contribution in [1.82, 2.24) is 10.2 Å². The predicted octanol–water partition coefficient (Wildman–Crippen LogP) is 2.79. The molecule has 1 aliphatic heterocycles. The molecule has 3 rings (SSSR count). The van der Waals surface area contributed by atoms with Crippen LogP contribution >= 0.6 is 0 Å². The molecule has 0 radical (unpaired) electrons. The normalized spacial score (nSPS) is 19.3. The van der Waals surface area contributed by atoms with Crippen molar-refractivity contribution in [2.24, 2.45) is 0 Å². The summed E-state index contributed by atoms with van der Waals surface area (Å²) in [6.07, 6.45) is 0.698. The van der Waals surface area contributed by atoms with Crippen LogP contribution in [0.4, 0.5) is 4.39 Å². The number of morpholine rings is 1. The van der Waals surface area contributed by atoms with E-state index in [-0.39, 0.29) is 24.2 Å². The number of amides is 2. The number of likely N-dealkylation sites (N-methyl/N-ethyl adjacent to an activating group) is 1. The molecule has 1 saturated heterocycles. The minimum Gasteiger partial charge on any atom is -0.361 e. The molecule has 2 aromatic carbocycles. The van der Waals surface area contributed by atoms with E-state index in [0.717, 1.165) is 16.7 Å². The van der Waals surface area contributed by atoms with E-state index in [1.54, 1.807) is 24.1 Å². The number of halogens is 1. The average Bonchev–Trinajstić information content (AvgIpc) is 2.73. The summed E-state index contributed by atoms with van der Waals surface area (Å²) < 4.78 is 19.3. The Morgan fingerprint density at radius 2 is 1.89 bits per heavy atom. The van der Waals surface area contributed by atoms with Gasteiger partial charge in [0, 0.05) is 26.4 Å². The summed E-state index contributed by atoms with van der Waals surface area (Å²) in [4.78, 5) is 26.8. The highest BCUT2D eigenvalue weighted by atomic mass is 19.1. The van der Waals surface area contributed by atoms with Gasteiger partial charge in [0.25, 0.3) is 5.91 Å². The average molecular weight is 384 g/mol. The second kappa shape index (κ2) is 8.52. The minimum absolute atomic E-state index is 0.00315. The predicted molar refractivity (Wildman–Crippen MR) is 105 cm³/mol. The lowest BCUT2D eigenvalue weighted by Crippen LogP contribution is -2.61. The highest BCUT2D eigenvalue weighted by Gasteiger charge is 2.44. The van der Waals surface area contributed by atoms with Crippen LogP contribution in [0, 0.1) is 5.82 Å². The fraction of sp³-hybridized carbons (Fsp3) is 0.364.